The summed E-state index contributed by atoms with van der Waals surface area (Å²) in [5.74, 6) is 1.46. The molecule has 7 nitrogen and oxygen atoms in total. The Morgan fingerprint density at radius 2 is 2.17 bits per heavy atom. The van der Waals surface area contributed by atoms with E-state index in [1.165, 1.54) is 5.56 Å². The summed E-state index contributed by atoms with van der Waals surface area (Å²) in [6.07, 6.45) is 3.22. The fraction of sp³-hybridized carbons (Fsp3) is 0.318. The van der Waals surface area contributed by atoms with Crippen LogP contribution in [0.1, 0.15) is 16.9 Å². The molecule has 0 amide bonds. The minimum absolute atomic E-state index is 0.00421. The van der Waals surface area contributed by atoms with Gasteiger partial charge in [0.25, 0.3) is 5.95 Å². The van der Waals surface area contributed by atoms with Crippen molar-refractivity contribution in [3.05, 3.63) is 53.0 Å². The minimum atomic E-state index is 0.00421. The first-order valence-electron chi connectivity index (χ1n) is 10.1. The van der Waals surface area contributed by atoms with Gasteiger partial charge in [-0.2, -0.15) is 10.1 Å². The number of aromatic nitrogens is 4. The van der Waals surface area contributed by atoms with Crippen molar-refractivity contribution in [2.24, 2.45) is 0 Å². The number of nitrogens with zero attached hydrogens (tertiary/aromatic N) is 5. The SMILES string of the molecule is Cc1cccc(-c2ccn(-c3nc(N4CC5CC4CO5)c4sc(CO)cc4n3)n2)c1. The van der Waals surface area contributed by atoms with Gasteiger partial charge in [-0.1, -0.05) is 23.8 Å². The number of hydrogen-bond acceptors (Lipinski definition) is 7. The molecule has 0 saturated carbocycles. The lowest BCUT2D eigenvalue weighted by molar-refractivity contribution is 0.0990. The van der Waals surface area contributed by atoms with Crippen molar-refractivity contribution < 1.29 is 9.84 Å². The number of fused-ring (bicyclic) bond motifs is 3. The first-order valence-corrected chi connectivity index (χ1v) is 10.9. The third-order valence-corrected chi connectivity index (χ3v) is 6.93. The Morgan fingerprint density at radius 1 is 1.23 bits per heavy atom. The van der Waals surface area contributed by atoms with E-state index in [0.29, 0.717) is 12.0 Å². The molecule has 5 heterocycles. The molecule has 2 atom stereocenters. The maximum atomic E-state index is 9.65. The molecule has 2 saturated heterocycles. The van der Waals surface area contributed by atoms with Gasteiger partial charge < -0.3 is 14.7 Å². The lowest BCUT2D eigenvalue weighted by atomic mass is 10.1. The molecule has 1 aromatic carbocycles. The van der Waals surface area contributed by atoms with E-state index in [-0.39, 0.29) is 12.7 Å². The van der Waals surface area contributed by atoms with Gasteiger partial charge >= 0.3 is 0 Å². The highest BCUT2D eigenvalue weighted by Gasteiger charge is 2.40. The van der Waals surface area contributed by atoms with Crippen molar-refractivity contribution in [1.29, 1.82) is 0 Å². The van der Waals surface area contributed by atoms with Crippen LogP contribution in [-0.2, 0) is 11.3 Å². The predicted molar refractivity (Wildman–Crippen MR) is 116 cm³/mol. The highest BCUT2D eigenvalue weighted by Crippen LogP contribution is 2.38. The molecule has 2 aliphatic rings. The van der Waals surface area contributed by atoms with Crippen molar-refractivity contribution >= 4 is 27.4 Å². The number of rotatable bonds is 4. The normalized spacial score (nSPS) is 20.5. The number of morpholine rings is 1. The number of aryl methyl sites for hydroxylation is 1. The number of benzene rings is 1. The zero-order valence-electron chi connectivity index (χ0n) is 16.5. The van der Waals surface area contributed by atoms with Gasteiger partial charge in [-0.3, -0.25) is 0 Å². The van der Waals surface area contributed by atoms with Crippen LogP contribution in [0.2, 0.25) is 0 Å². The third-order valence-electron chi connectivity index (χ3n) is 5.83. The molecular formula is C22H21N5O2S. The summed E-state index contributed by atoms with van der Waals surface area (Å²) in [6, 6.07) is 12.6. The summed E-state index contributed by atoms with van der Waals surface area (Å²) < 4.78 is 8.53. The zero-order chi connectivity index (χ0) is 20.2. The molecular weight excluding hydrogens is 398 g/mol. The average molecular weight is 420 g/mol. The van der Waals surface area contributed by atoms with Gasteiger partial charge in [0.15, 0.2) is 5.82 Å². The fourth-order valence-electron chi connectivity index (χ4n) is 4.38. The highest BCUT2D eigenvalue weighted by molar-refractivity contribution is 7.19. The Balaban J connectivity index is 1.46. The molecule has 0 aliphatic carbocycles. The lowest BCUT2D eigenvalue weighted by Crippen LogP contribution is -2.37. The molecule has 1 N–H and O–H groups in total. The number of aliphatic hydroxyl groups is 1. The Kier molecular flexibility index (Phi) is 4.12. The molecule has 2 fully saturated rings. The Labute approximate surface area is 177 Å². The van der Waals surface area contributed by atoms with Crippen LogP contribution in [0.3, 0.4) is 0 Å². The molecule has 2 unspecified atom stereocenters. The summed E-state index contributed by atoms with van der Waals surface area (Å²) in [5, 5.41) is 14.4. The summed E-state index contributed by atoms with van der Waals surface area (Å²) in [6.45, 7) is 3.66. The summed E-state index contributed by atoms with van der Waals surface area (Å²) in [7, 11) is 0. The molecule has 0 spiro atoms. The van der Waals surface area contributed by atoms with E-state index < -0.39 is 0 Å². The van der Waals surface area contributed by atoms with Crippen LogP contribution in [0, 0.1) is 6.92 Å². The van der Waals surface area contributed by atoms with Crippen molar-refractivity contribution in [2.45, 2.75) is 32.1 Å². The highest BCUT2D eigenvalue weighted by atomic mass is 32.1. The average Bonchev–Trinajstić information content (AvgIpc) is 3.55. The molecule has 3 aromatic heterocycles. The van der Waals surface area contributed by atoms with E-state index in [1.54, 1.807) is 16.0 Å². The molecule has 4 aromatic rings. The van der Waals surface area contributed by atoms with Crippen molar-refractivity contribution in [3.8, 4) is 17.2 Å². The van der Waals surface area contributed by atoms with Crippen molar-refractivity contribution in [3.63, 3.8) is 0 Å². The van der Waals surface area contributed by atoms with E-state index in [1.807, 2.05) is 24.4 Å². The van der Waals surface area contributed by atoms with E-state index >= 15 is 0 Å². The minimum Gasteiger partial charge on any atom is -0.391 e. The Hall–Kier alpha value is -2.81. The van der Waals surface area contributed by atoms with Crippen LogP contribution in [0.15, 0.2) is 42.6 Å². The monoisotopic (exact) mass is 419 g/mol. The summed E-state index contributed by atoms with van der Waals surface area (Å²) >= 11 is 1.56. The standard InChI is InChI=1S/C22H21N5O2S/c1-13-3-2-4-14(7-13)18-5-6-27(25-18)22-23-19-9-17(11-28)30-20(19)21(24-22)26-10-16-8-15(26)12-29-16/h2-7,9,15-16,28H,8,10-12H2,1H3. The second-order valence-electron chi connectivity index (χ2n) is 7.94. The van der Waals surface area contributed by atoms with Crippen LogP contribution in [0.5, 0.6) is 0 Å². The van der Waals surface area contributed by atoms with Crippen molar-refractivity contribution in [2.75, 3.05) is 18.1 Å². The van der Waals surface area contributed by atoms with E-state index in [2.05, 4.69) is 30.0 Å². The van der Waals surface area contributed by atoms with E-state index in [4.69, 9.17) is 19.8 Å². The predicted octanol–water partition coefficient (Wildman–Crippen LogP) is 3.32. The van der Waals surface area contributed by atoms with Gasteiger partial charge in [-0.15, -0.1) is 11.3 Å². The molecule has 2 aliphatic heterocycles. The van der Waals surface area contributed by atoms with Crippen LogP contribution in [0.4, 0.5) is 5.82 Å². The number of thiophene rings is 1. The summed E-state index contributed by atoms with van der Waals surface area (Å²) in [5.41, 5.74) is 4.00. The Morgan fingerprint density at radius 3 is 2.93 bits per heavy atom. The maximum absolute atomic E-state index is 9.65. The largest absolute Gasteiger partial charge is 0.391 e. The third kappa shape index (κ3) is 2.91. The van der Waals surface area contributed by atoms with E-state index in [0.717, 1.165) is 51.7 Å². The first-order chi connectivity index (χ1) is 14.7. The van der Waals surface area contributed by atoms with E-state index in [9.17, 15) is 5.11 Å². The first kappa shape index (κ1) is 18.0. The van der Waals surface area contributed by atoms with Crippen molar-refractivity contribution in [1.82, 2.24) is 19.7 Å². The van der Waals surface area contributed by atoms with Gasteiger partial charge in [0.05, 0.1) is 41.3 Å². The van der Waals surface area contributed by atoms with Crippen LogP contribution in [0.25, 0.3) is 27.4 Å². The van der Waals surface area contributed by atoms with Gasteiger partial charge in [-0.25, -0.2) is 9.67 Å². The molecule has 152 valence electrons. The molecule has 2 bridgehead atoms. The second-order valence-corrected chi connectivity index (χ2v) is 9.08. The number of aliphatic hydroxyl groups excluding tert-OH is 1. The van der Waals surface area contributed by atoms with Gasteiger partial charge in [0, 0.05) is 23.2 Å². The number of ether oxygens (including phenoxy) is 1. The van der Waals surface area contributed by atoms with Crippen LogP contribution < -0.4 is 4.90 Å². The second kappa shape index (κ2) is 6.87. The fourth-order valence-corrected chi connectivity index (χ4v) is 5.34. The molecule has 6 rings (SSSR count). The van der Waals surface area contributed by atoms with Gasteiger partial charge in [0.1, 0.15) is 0 Å². The smallest absolute Gasteiger partial charge is 0.253 e. The topological polar surface area (TPSA) is 76.3 Å². The van der Waals surface area contributed by atoms with Gasteiger partial charge in [-0.05, 0) is 31.5 Å². The quantitative estimate of drug-likeness (QED) is 0.547. The number of hydrogen-bond donors (Lipinski definition) is 1. The summed E-state index contributed by atoms with van der Waals surface area (Å²) in [4.78, 5) is 12.9. The van der Waals surface area contributed by atoms with Crippen LogP contribution >= 0.6 is 11.3 Å². The van der Waals surface area contributed by atoms with Gasteiger partial charge in [0.2, 0.25) is 0 Å². The molecule has 30 heavy (non-hydrogen) atoms. The maximum Gasteiger partial charge on any atom is 0.253 e. The molecule has 0 radical (unpaired) electrons. The Bertz CT molecular complexity index is 1250. The van der Waals surface area contributed by atoms with Crippen LogP contribution in [-0.4, -0.2) is 50.2 Å². The molecule has 8 heteroatoms. The zero-order valence-corrected chi connectivity index (χ0v) is 17.3. The number of anilines is 1. The lowest BCUT2D eigenvalue weighted by Gasteiger charge is -2.28.